The van der Waals surface area contributed by atoms with Gasteiger partial charge in [0.25, 0.3) is 0 Å². The molecule has 1 fully saturated rings. The zero-order valence-electron chi connectivity index (χ0n) is 6.84. The zero-order chi connectivity index (χ0) is 8.27. The molecule has 1 atom stereocenters. The van der Waals surface area contributed by atoms with E-state index in [9.17, 15) is 4.79 Å². The highest BCUT2D eigenvalue weighted by molar-refractivity contribution is 5.95. The van der Waals surface area contributed by atoms with E-state index in [4.69, 9.17) is 5.11 Å². The van der Waals surface area contributed by atoms with E-state index in [-0.39, 0.29) is 5.78 Å². The molecule has 0 bridgehead atoms. The van der Waals surface area contributed by atoms with Gasteiger partial charge < -0.3 is 5.11 Å². The van der Waals surface area contributed by atoms with E-state index in [0.29, 0.717) is 17.9 Å². The van der Waals surface area contributed by atoms with Crippen molar-refractivity contribution in [3.8, 4) is 0 Å². The van der Waals surface area contributed by atoms with Crippen LogP contribution in [0.1, 0.15) is 32.6 Å². The van der Waals surface area contributed by atoms with Gasteiger partial charge in [0.05, 0.1) is 6.26 Å². The van der Waals surface area contributed by atoms with E-state index in [1.54, 1.807) is 0 Å². The molecule has 0 spiro atoms. The first-order valence-electron chi connectivity index (χ1n) is 4.14. The van der Waals surface area contributed by atoms with Crippen LogP contribution < -0.4 is 0 Å². The van der Waals surface area contributed by atoms with Crippen molar-refractivity contribution in [3.63, 3.8) is 0 Å². The first-order valence-corrected chi connectivity index (χ1v) is 4.14. The number of allylic oxidation sites excluding steroid dienone is 1. The lowest BCUT2D eigenvalue weighted by Crippen LogP contribution is -2.16. The average Bonchev–Trinajstić information content (AvgIpc) is 2.05. The smallest absolute Gasteiger partial charge is 0.161 e. The van der Waals surface area contributed by atoms with Gasteiger partial charge in [0.15, 0.2) is 5.78 Å². The summed E-state index contributed by atoms with van der Waals surface area (Å²) in [5, 5.41) is 8.69. The Balaban J connectivity index is 2.58. The molecule has 0 aromatic heterocycles. The van der Waals surface area contributed by atoms with Crippen LogP contribution in [0.25, 0.3) is 0 Å². The minimum absolute atomic E-state index is 0.122. The average molecular weight is 154 g/mol. The second-order valence-corrected chi connectivity index (χ2v) is 3.09. The topological polar surface area (TPSA) is 37.3 Å². The van der Waals surface area contributed by atoms with Gasteiger partial charge in [-0.1, -0.05) is 13.3 Å². The highest BCUT2D eigenvalue weighted by atomic mass is 16.2. The van der Waals surface area contributed by atoms with Gasteiger partial charge in [-0.2, -0.15) is 0 Å². The fraction of sp³-hybridized carbons (Fsp3) is 0.667. The minimum Gasteiger partial charge on any atom is -0.515 e. The highest BCUT2D eigenvalue weighted by Gasteiger charge is 2.21. The molecule has 1 aliphatic carbocycles. The molecule has 1 rings (SSSR count). The maximum absolute atomic E-state index is 11.1. The number of aliphatic hydroxyl groups excluding tert-OH is 1. The molecule has 0 radical (unpaired) electrons. The third-order valence-corrected chi connectivity index (χ3v) is 2.38. The second-order valence-electron chi connectivity index (χ2n) is 3.09. The molecule has 0 aliphatic heterocycles. The molecule has 1 aliphatic rings. The summed E-state index contributed by atoms with van der Waals surface area (Å²) in [6.45, 7) is 2.12. The Bertz CT molecular complexity index is 182. The van der Waals surface area contributed by atoms with Crippen LogP contribution in [0.5, 0.6) is 0 Å². The first-order chi connectivity index (χ1) is 5.27. The van der Waals surface area contributed by atoms with Gasteiger partial charge in [-0.15, -0.1) is 0 Å². The number of carbonyl (C=O) groups excluding carboxylic acids is 1. The van der Waals surface area contributed by atoms with Crippen LogP contribution in [0.4, 0.5) is 0 Å². The van der Waals surface area contributed by atoms with Gasteiger partial charge in [0.2, 0.25) is 0 Å². The lowest BCUT2D eigenvalue weighted by atomic mass is 9.84. The summed E-state index contributed by atoms with van der Waals surface area (Å²) >= 11 is 0. The van der Waals surface area contributed by atoms with E-state index in [1.807, 2.05) is 0 Å². The van der Waals surface area contributed by atoms with E-state index >= 15 is 0 Å². The van der Waals surface area contributed by atoms with E-state index in [2.05, 4.69) is 6.92 Å². The first kappa shape index (κ1) is 8.31. The van der Waals surface area contributed by atoms with E-state index in [1.165, 1.54) is 0 Å². The number of aliphatic hydroxyl groups is 1. The Morgan fingerprint density at radius 1 is 1.73 bits per heavy atom. The Labute approximate surface area is 66.9 Å². The Hall–Kier alpha value is -0.790. The van der Waals surface area contributed by atoms with Crippen molar-refractivity contribution in [3.05, 3.63) is 11.8 Å². The van der Waals surface area contributed by atoms with Crippen molar-refractivity contribution in [2.75, 3.05) is 0 Å². The summed E-state index contributed by atoms with van der Waals surface area (Å²) in [7, 11) is 0. The summed E-state index contributed by atoms with van der Waals surface area (Å²) < 4.78 is 0. The van der Waals surface area contributed by atoms with Gasteiger partial charge >= 0.3 is 0 Å². The summed E-state index contributed by atoms with van der Waals surface area (Å²) in [5.74, 6) is 0.725. The Morgan fingerprint density at radius 3 is 3.00 bits per heavy atom. The molecule has 0 aromatic rings. The van der Waals surface area contributed by atoms with Gasteiger partial charge in [-0.05, 0) is 18.8 Å². The van der Waals surface area contributed by atoms with Crippen molar-refractivity contribution >= 4 is 5.78 Å². The van der Waals surface area contributed by atoms with Gasteiger partial charge in [-0.3, -0.25) is 4.79 Å². The molecule has 62 valence electrons. The van der Waals surface area contributed by atoms with Crippen LogP contribution in [0.15, 0.2) is 11.8 Å². The van der Waals surface area contributed by atoms with Crippen LogP contribution in [-0.4, -0.2) is 10.9 Å². The molecule has 0 saturated heterocycles. The van der Waals surface area contributed by atoms with Crippen LogP contribution in [0, 0.1) is 5.92 Å². The van der Waals surface area contributed by atoms with Crippen LogP contribution in [0.3, 0.4) is 0 Å². The Kier molecular flexibility index (Phi) is 2.69. The van der Waals surface area contributed by atoms with Crippen molar-refractivity contribution in [1.82, 2.24) is 0 Å². The molecule has 0 heterocycles. The van der Waals surface area contributed by atoms with Crippen LogP contribution in [-0.2, 0) is 4.79 Å². The standard InChI is InChI=1S/C9H14O2/c1-2-7-3-4-9(11)8(5-7)6-10/h6-7,10H,2-5H2,1H3. The molecule has 1 N–H and O–H groups in total. The maximum atomic E-state index is 11.1. The minimum atomic E-state index is 0.122. The van der Waals surface area contributed by atoms with Crippen molar-refractivity contribution < 1.29 is 9.90 Å². The molecular weight excluding hydrogens is 140 g/mol. The zero-order valence-corrected chi connectivity index (χ0v) is 6.84. The maximum Gasteiger partial charge on any atom is 0.161 e. The predicted octanol–water partition coefficient (Wildman–Crippen LogP) is 2.21. The number of carbonyl (C=O) groups is 1. The molecule has 0 aromatic carbocycles. The summed E-state index contributed by atoms with van der Waals surface area (Å²) in [4.78, 5) is 11.1. The molecule has 2 heteroatoms. The largest absolute Gasteiger partial charge is 0.515 e. The number of rotatable bonds is 1. The number of hydrogen-bond donors (Lipinski definition) is 1. The van der Waals surface area contributed by atoms with Gasteiger partial charge in [-0.25, -0.2) is 0 Å². The molecule has 1 saturated carbocycles. The molecule has 1 unspecified atom stereocenters. The van der Waals surface area contributed by atoms with Crippen molar-refractivity contribution in [1.29, 1.82) is 0 Å². The Morgan fingerprint density at radius 2 is 2.45 bits per heavy atom. The summed E-state index contributed by atoms with van der Waals surface area (Å²) in [5.41, 5.74) is 0.614. The number of hydrogen-bond acceptors (Lipinski definition) is 2. The van der Waals surface area contributed by atoms with Crippen LogP contribution in [0.2, 0.25) is 0 Å². The van der Waals surface area contributed by atoms with Gasteiger partial charge in [0.1, 0.15) is 0 Å². The molecule has 11 heavy (non-hydrogen) atoms. The fourth-order valence-corrected chi connectivity index (χ4v) is 1.50. The van der Waals surface area contributed by atoms with Gasteiger partial charge in [0, 0.05) is 12.0 Å². The lowest BCUT2D eigenvalue weighted by Gasteiger charge is -2.20. The van der Waals surface area contributed by atoms with Crippen molar-refractivity contribution in [2.45, 2.75) is 32.6 Å². The fourth-order valence-electron chi connectivity index (χ4n) is 1.50. The normalized spacial score (nSPS) is 29.4. The second kappa shape index (κ2) is 3.56. The molecule has 0 amide bonds. The van der Waals surface area contributed by atoms with Crippen molar-refractivity contribution in [2.24, 2.45) is 5.92 Å². The molecular formula is C9H14O2. The lowest BCUT2D eigenvalue weighted by molar-refractivity contribution is -0.117. The third-order valence-electron chi connectivity index (χ3n) is 2.38. The monoisotopic (exact) mass is 154 g/mol. The summed E-state index contributed by atoms with van der Waals surface area (Å²) in [6, 6.07) is 0. The SMILES string of the molecule is CCC1CCC(=O)C(=CO)C1. The highest BCUT2D eigenvalue weighted by Crippen LogP contribution is 2.27. The third kappa shape index (κ3) is 1.82. The summed E-state index contributed by atoms with van der Waals surface area (Å²) in [6.07, 6.45) is 4.46. The number of Topliss-reactive ketones (excluding diaryl/α,β-unsaturated/α-hetero) is 1. The van der Waals surface area contributed by atoms with E-state index in [0.717, 1.165) is 25.5 Å². The van der Waals surface area contributed by atoms with E-state index < -0.39 is 0 Å². The molecule has 2 nitrogen and oxygen atoms in total. The predicted molar refractivity (Wildman–Crippen MR) is 43.4 cm³/mol. The number of ketones is 1. The van der Waals surface area contributed by atoms with Crippen LogP contribution >= 0.6 is 0 Å². The quantitative estimate of drug-likeness (QED) is 0.464.